The molecule has 10 nitrogen and oxygen atoms in total. The Kier molecular flexibility index (Phi) is 4.05. The molecule has 0 saturated heterocycles. The van der Waals surface area contributed by atoms with Crippen LogP contribution in [0.5, 0.6) is 0 Å². The van der Waals surface area contributed by atoms with E-state index in [2.05, 4.69) is 25.8 Å². The average molecular weight is 278 g/mol. The van der Waals surface area contributed by atoms with Crippen molar-refractivity contribution in [3.63, 3.8) is 0 Å². The Bertz CT molecular complexity index is 611. The van der Waals surface area contributed by atoms with Gasteiger partial charge in [0.25, 0.3) is 0 Å². The zero-order valence-electron chi connectivity index (χ0n) is 10.8. The van der Waals surface area contributed by atoms with E-state index < -0.39 is 4.92 Å². The molecule has 2 heterocycles. The summed E-state index contributed by atoms with van der Waals surface area (Å²) < 4.78 is 1.69. The Morgan fingerprint density at radius 1 is 1.55 bits per heavy atom. The van der Waals surface area contributed by atoms with Crippen molar-refractivity contribution in [2.24, 2.45) is 12.9 Å². The van der Waals surface area contributed by atoms with Crippen molar-refractivity contribution in [2.45, 2.75) is 6.42 Å². The van der Waals surface area contributed by atoms with Gasteiger partial charge in [0.1, 0.15) is 6.20 Å². The van der Waals surface area contributed by atoms with Crippen LogP contribution in [-0.4, -0.2) is 31.2 Å². The SMILES string of the molecule is Cn1ccc(CCNc2nc(NN)ncc2[N+](=O)[O-])n1. The van der Waals surface area contributed by atoms with E-state index in [1.54, 1.807) is 4.68 Å². The molecule has 20 heavy (non-hydrogen) atoms. The van der Waals surface area contributed by atoms with Crippen molar-refractivity contribution in [1.82, 2.24) is 19.7 Å². The van der Waals surface area contributed by atoms with Crippen LogP contribution in [0.4, 0.5) is 17.5 Å². The molecule has 2 aromatic rings. The summed E-state index contributed by atoms with van der Waals surface area (Å²) in [4.78, 5) is 18.0. The van der Waals surface area contributed by atoms with Gasteiger partial charge < -0.3 is 5.32 Å². The lowest BCUT2D eigenvalue weighted by Gasteiger charge is -2.06. The highest BCUT2D eigenvalue weighted by Crippen LogP contribution is 2.21. The predicted molar refractivity (Wildman–Crippen MR) is 71.9 cm³/mol. The molecule has 4 N–H and O–H groups in total. The Hall–Kier alpha value is -2.75. The number of nitrogens with one attached hydrogen (secondary N) is 2. The smallest absolute Gasteiger partial charge is 0.329 e. The van der Waals surface area contributed by atoms with Crippen molar-refractivity contribution < 1.29 is 4.92 Å². The minimum absolute atomic E-state index is 0.107. The van der Waals surface area contributed by atoms with E-state index in [0.717, 1.165) is 11.9 Å². The molecule has 0 bridgehead atoms. The zero-order chi connectivity index (χ0) is 14.5. The third-order valence-corrected chi connectivity index (χ3v) is 2.54. The average Bonchev–Trinajstić information content (AvgIpc) is 2.84. The highest BCUT2D eigenvalue weighted by molar-refractivity contribution is 5.56. The second kappa shape index (κ2) is 5.93. The maximum Gasteiger partial charge on any atom is 0.329 e. The van der Waals surface area contributed by atoms with Gasteiger partial charge in [-0.2, -0.15) is 10.1 Å². The second-order valence-electron chi connectivity index (χ2n) is 3.99. The molecular formula is C10H14N8O2. The number of anilines is 2. The number of aromatic nitrogens is 4. The van der Waals surface area contributed by atoms with Crippen LogP contribution in [0.1, 0.15) is 5.69 Å². The number of aryl methyl sites for hydroxylation is 1. The van der Waals surface area contributed by atoms with E-state index in [9.17, 15) is 10.1 Å². The first-order chi connectivity index (χ1) is 9.60. The highest BCUT2D eigenvalue weighted by Gasteiger charge is 2.16. The largest absolute Gasteiger partial charge is 0.364 e. The van der Waals surface area contributed by atoms with Gasteiger partial charge in [0.05, 0.1) is 10.6 Å². The molecule has 0 spiro atoms. The van der Waals surface area contributed by atoms with E-state index in [-0.39, 0.29) is 17.5 Å². The van der Waals surface area contributed by atoms with Crippen LogP contribution in [0.3, 0.4) is 0 Å². The fraction of sp³-hybridized carbons (Fsp3) is 0.300. The van der Waals surface area contributed by atoms with Gasteiger partial charge in [-0.1, -0.05) is 0 Å². The lowest BCUT2D eigenvalue weighted by Crippen LogP contribution is -2.14. The number of hydrogen-bond donors (Lipinski definition) is 3. The first-order valence-electron chi connectivity index (χ1n) is 5.80. The maximum atomic E-state index is 10.9. The molecule has 0 fully saturated rings. The molecule has 0 aliphatic rings. The zero-order valence-corrected chi connectivity index (χ0v) is 10.8. The van der Waals surface area contributed by atoms with E-state index >= 15 is 0 Å². The van der Waals surface area contributed by atoms with Crippen molar-refractivity contribution in [1.29, 1.82) is 0 Å². The highest BCUT2D eigenvalue weighted by atomic mass is 16.6. The molecule has 2 aromatic heterocycles. The lowest BCUT2D eigenvalue weighted by molar-refractivity contribution is -0.384. The van der Waals surface area contributed by atoms with Crippen molar-refractivity contribution in [3.05, 3.63) is 34.3 Å². The monoisotopic (exact) mass is 278 g/mol. The van der Waals surface area contributed by atoms with Gasteiger partial charge in [0.2, 0.25) is 11.8 Å². The van der Waals surface area contributed by atoms with Crippen molar-refractivity contribution >= 4 is 17.5 Å². The third-order valence-electron chi connectivity index (χ3n) is 2.54. The van der Waals surface area contributed by atoms with Crippen LogP contribution >= 0.6 is 0 Å². The summed E-state index contributed by atoms with van der Waals surface area (Å²) in [6.45, 7) is 0.457. The van der Waals surface area contributed by atoms with Crippen LogP contribution in [0.15, 0.2) is 18.5 Å². The van der Waals surface area contributed by atoms with E-state index in [1.165, 1.54) is 0 Å². The molecular weight excluding hydrogens is 264 g/mol. The number of hydrogen-bond acceptors (Lipinski definition) is 8. The molecule has 0 aromatic carbocycles. The Balaban J connectivity index is 2.05. The molecule has 2 rings (SSSR count). The van der Waals surface area contributed by atoms with Gasteiger partial charge in [-0.15, -0.1) is 0 Å². The molecule has 106 valence electrons. The Labute approximate surface area is 114 Å². The fourth-order valence-corrected chi connectivity index (χ4v) is 1.61. The summed E-state index contributed by atoms with van der Waals surface area (Å²) in [7, 11) is 1.82. The normalized spacial score (nSPS) is 10.3. The topological polar surface area (TPSA) is 137 Å². The Morgan fingerprint density at radius 3 is 2.95 bits per heavy atom. The molecule has 0 atom stereocenters. The number of nitrogen functional groups attached to an aromatic ring is 1. The van der Waals surface area contributed by atoms with Gasteiger partial charge in [0, 0.05) is 26.2 Å². The summed E-state index contributed by atoms with van der Waals surface area (Å²) in [5, 5.41) is 18.0. The third kappa shape index (κ3) is 3.17. The predicted octanol–water partition coefficient (Wildman–Crippen LogP) is 0.0585. The minimum atomic E-state index is -0.552. The van der Waals surface area contributed by atoms with Crippen molar-refractivity contribution in [3.8, 4) is 0 Å². The van der Waals surface area contributed by atoms with E-state index in [1.807, 2.05) is 19.3 Å². The first kappa shape index (κ1) is 13.7. The quantitative estimate of drug-likeness (QED) is 0.383. The maximum absolute atomic E-state index is 10.9. The molecule has 10 heteroatoms. The van der Waals surface area contributed by atoms with Gasteiger partial charge in [-0.3, -0.25) is 20.2 Å². The van der Waals surface area contributed by atoms with Crippen LogP contribution in [0, 0.1) is 10.1 Å². The van der Waals surface area contributed by atoms with Crippen LogP contribution in [0.25, 0.3) is 0 Å². The van der Waals surface area contributed by atoms with Gasteiger partial charge in [-0.25, -0.2) is 10.8 Å². The molecule has 0 radical (unpaired) electrons. The lowest BCUT2D eigenvalue weighted by atomic mass is 10.3. The fourth-order valence-electron chi connectivity index (χ4n) is 1.61. The second-order valence-corrected chi connectivity index (χ2v) is 3.99. The van der Waals surface area contributed by atoms with E-state index in [0.29, 0.717) is 13.0 Å². The van der Waals surface area contributed by atoms with Crippen LogP contribution in [-0.2, 0) is 13.5 Å². The minimum Gasteiger partial charge on any atom is -0.364 e. The summed E-state index contributed by atoms with van der Waals surface area (Å²) in [5.74, 6) is 5.41. The number of nitrogens with zero attached hydrogens (tertiary/aromatic N) is 5. The summed E-state index contributed by atoms with van der Waals surface area (Å²) in [6.07, 6.45) is 3.55. The Morgan fingerprint density at radius 2 is 2.35 bits per heavy atom. The standard InChI is InChI=1S/C10H14N8O2/c1-17-5-3-7(16-17)2-4-12-9-8(18(19)20)6-13-10(14-9)15-11/h3,5-6H,2,4,11H2,1H3,(H2,12,13,14,15). The molecule has 0 aliphatic heterocycles. The number of nitrogens with two attached hydrogens (primary N) is 1. The summed E-state index contributed by atoms with van der Waals surface area (Å²) >= 11 is 0. The number of rotatable bonds is 6. The van der Waals surface area contributed by atoms with Crippen LogP contribution in [0.2, 0.25) is 0 Å². The molecule has 0 aliphatic carbocycles. The molecule has 0 amide bonds. The van der Waals surface area contributed by atoms with Gasteiger partial charge in [-0.05, 0) is 6.07 Å². The summed E-state index contributed by atoms with van der Waals surface area (Å²) in [5.41, 5.74) is 2.92. The van der Waals surface area contributed by atoms with Gasteiger partial charge >= 0.3 is 5.69 Å². The number of hydrazine groups is 1. The molecule has 0 unspecified atom stereocenters. The summed E-state index contributed by atoms with van der Waals surface area (Å²) in [6, 6.07) is 1.88. The van der Waals surface area contributed by atoms with Crippen molar-refractivity contribution in [2.75, 3.05) is 17.3 Å². The molecule has 0 saturated carbocycles. The van der Waals surface area contributed by atoms with Crippen LogP contribution < -0.4 is 16.6 Å². The van der Waals surface area contributed by atoms with E-state index in [4.69, 9.17) is 5.84 Å². The first-order valence-corrected chi connectivity index (χ1v) is 5.80. The van der Waals surface area contributed by atoms with Gasteiger partial charge in [0.15, 0.2) is 0 Å². The number of nitro groups is 1.